The van der Waals surface area contributed by atoms with Gasteiger partial charge in [0.1, 0.15) is 17.4 Å². The smallest absolute Gasteiger partial charge is 0.324 e. The molecule has 1 saturated carbocycles. The summed E-state index contributed by atoms with van der Waals surface area (Å²) in [6.45, 7) is 7.73. The Kier molecular flexibility index (Phi) is 6.93. The molecule has 190 valence electrons. The van der Waals surface area contributed by atoms with Gasteiger partial charge in [0.15, 0.2) is 5.82 Å². The van der Waals surface area contributed by atoms with Crippen LogP contribution in [0.15, 0.2) is 16.7 Å². The molecule has 2 aliphatic heterocycles. The Morgan fingerprint density at radius 1 is 1.17 bits per heavy atom. The average Bonchev–Trinajstić information content (AvgIpc) is 3.37. The lowest BCUT2D eigenvalue weighted by atomic mass is 9.90. The first-order chi connectivity index (χ1) is 16.9. The highest BCUT2D eigenvalue weighted by Gasteiger charge is 2.43. The minimum Gasteiger partial charge on any atom is -0.493 e. The molecule has 2 atom stereocenters. The van der Waals surface area contributed by atoms with Crippen LogP contribution in [0.2, 0.25) is 0 Å². The van der Waals surface area contributed by atoms with E-state index >= 15 is 0 Å². The number of aromatic nitrogens is 2. The largest absolute Gasteiger partial charge is 0.493 e. The molecule has 3 fully saturated rings. The van der Waals surface area contributed by atoms with Crippen LogP contribution in [0.3, 0.4) is 0 Å². The van der Waals surface area contributed by atoms with Gasteiger partial charge in [-0.25, -0.2) is 8.78 Å². The molecule has 7 nitrogen and oxygen atoms in total. The van der Waals surface area contributed by atoms with E-state index in [1.165, 1.54) is 18.6 Å². The van der Waals surface area contributed by atoms with Gasteiger partial charge in [0.25, 0.3) is 0 Å². The highest BCUT2D eigenvalue weighted by atomic mass is 19.1. The number of hydrogen-bond acceptors (Lipinski definition) is 6. The number of carbonyl (C=O) groups is 1. The quantitative estimate of drug-likeness (QED) is 0.515. The first-order valence-corrected chi connectivity index (χ1v) is 12.9. The number of carbonyl (C=O) groups excluding carboxylic acids is 1. The number of anilines is 1. The number of halogens is 2. The predicted molar refractivity (Wildman–Crippen MR) is 126 cm³/mol. The molecule has 0 unspecified atom stereocenters. The van der Waals surface area contributed by atoms with E-state index in [0.29, 0.717) is 43.5 Å². The van der Waals surface area contributed by atoms with Gasteiger partial charge in [0.2, 0.25) is 5.91 Å². The molecule has 1 aromatic heterocycles. The summed E-state index contributed by atoms with van der Waals surface area (Å²) in [6.07, 6.45) is 4.98. The van der Waals surface area contributed by atoms with E-state index in [0.717, 1.165) is 44.6 Å². The molecule has 0 spiro atoms. The van der Waals surface area contributed by atoms with E-state index in [4.69, 9.17) is 9.26 Å². The van der Waals surface area contributed by atoms with Crippen LogP contribution in [-0.2, 0) is 11.2 Å². The van der Waals surface area contributed by atoms with Crippen molar-refractivity contribution in [3.05, 3.63) is 35.2 Å². The van der Waals surface area contributed by atoms with E-state index in [1.807, 2.05) is 0 Å². The zero-order valence-electron chi connectivity index (χ0n) is 20.5. The molecule has 1 amide bonds. The van der Waals surface area contributed by atoms with E-state index in [2.05, 4.69) is 28.9 Å². The third-order valence-corrected chi connectivity index (χ3v) is 7.75. The number of likely N-dealkylation sites (tertiary alicyclic amines) is 1. The van der Waals surface area contributed by atoms with Gasteiger partial charge in [-0.1, -0.05) is 19.0 Å². The number of ether oxygens (including phenoxy) is 1. The van der Waals surface area contributed by atoms with Crippen LogP contribution >= 0.6 is 0 Å². The van der Waals surface area contributed by atoms with Crippen LogP contribution in [0.1, 0.15) is 63.3 Å². The number of rotatable bonds is 9. The molecule has 2 saturated heterocycles. The molecular formula is C26H34F2N4O3. The highest BCUT2D eigenvalue weighted by Crippen LogP contribution is 2.50. The molecule has 0 bridgehead atoms. The van der Waals surface area contributed by atoms with Crippen LogP contribution in [0.4, 0.5) is 14.8 Å². The molecular weight excluding hydrogens is 454 g/mol. The van der Waals surface area contributed by atoms with Crippen LogP contribution < -0.4 is 9.64 Å². The van der Waals surface area contributed by atoms with E-state index in [9.17, 15) is 13.6 Å². The molecule has 3 aliphatic rings. The standard InChI is InChI=1S/C26H34F2N4O3/c1-16(2)25-29-26(35-30-25)32-9-4-17(5-10-32)20-12-18(20)6-11-34-19-13-22(27)21(23(28)14-19)15-24(33)31-7-3-8-31/h13-14,16-18,20H,3-12,15H2,1-2H3/t18-,20-/m1/s1. The summed E-state index contributed by atoms with van der Waals surface area (Å²) < 4.78 is 40.0. The van der Waals surface area contributed by atoms with Crippen LogP contribution in [-0.4, -0.2) is 53.7 Å². The fraction of sp³-hybridized carbons (Fsp3) is 0.654. The Hall–Kier alpha value is -2.71. The lowest BCUT2D eigenvalue weighted by Crippen LogP contribution is -2.43. The molecule has 5 rings (SSSR count). The second kappa shape index (κ2) is 10.1. The second-order valence-corrected chi connectivity index (χ2v) is 10.5. The first kappa shape index (κ1) is 24.0. The Balaban J connectivity index is 1.04. The molecule has 1 aromatic carbocycles. The van der Waals surface area contributed by atoms with E-state index < -0.39 is 11.6 Å². The second-order valence-electron chi connectivity index (χ2n) is 10.5. The predicted octanol–water partition coefficient (Wildman–Crippen LogP) is 4.57. The van der Waals surface area contributed by atoms with Crippen molar-refractivity contribution in [3.8, 4) is 5.75 Å². The number of hydrogen-bond donors (Lipinski definition) is 0. The van der Waals surface area contributed by atoms with Gasteiger partial charge in [0.05, 0.1) is 13.0 Å². The van der Waals surface area contributed by atoms with Gasteiger partial charge in [-0.2, -0.15) is 4.98 Å². The van der Waals surface area contributed by atoms with E-state index in [1.54, 1.807) is 4.90 Å². The number of benzene rings is 1. The monoisotopic (exact) mass is 488 g/mol. The summed E-state index contributed by atoms with van der Waals surface area (Å²) >= 11 is 0. The fourth-order valence-corrected chi connectivity index (χ4v) is 5.28. The van der Waals surface area contributed by atoms with Crippen LogP contribution in [0.5, 0.6) is 5.75 Å². The van der Waals surface area contributed by atoms with Gasteiger partial charge < -0.3 is 19.1 Å². The Morgan fingerprint density at radius 2 is 1.89 bits per heavy atom. The minimum absolute atomic E-state index is 0.177. The van der Waals surface area contributed by atoms with Crippen molar-refractivity contribution in [2.24, 2.45) is 17.8 Å². The normalized spacial score (nSPS) is 22.4. The van der Waals surface area contributed by atoms with Crippen molar-refractivity contribution < 1.29 is 22.8 Å². The zero-order chi connectivity index (χ0) is 24.5. The summed E-state index contributed by atoms with van der Waals surface area (Å²) in [5, 5.41) is 4.06. The molecule has 2 aromatic rings. The minimum atomic E-state index is -0.716. The van der Waals surface area contributed by atoms with E-state index in [-0.39, 0.29) is 29.6 Å². The molecule has 0 N–H and O–H groups in total. The average molecular weight is 489 g/mol. The molecule has 1 aliphatic carbocycles. The fourth-order valence-electron chi connectivity index (χ4n) is 5.28. The maximum Gasteiger partial charge on any atom is 0.324 e. The number of nitrogens with zero attached hydrogens (tertiary/aromatic N) is 4. The van der Waals surface area contributed by atoms with Gasteiger partial charge >= 0.3 is 6.01 Å². The van der Waals surface area contributed by atoms with Crippen molar-refractivity contribution in [3.63, 3.8) is 0 Å². The van der Waals surface area contributed by atoms with Crippen molar-refractivity contribution in [2.75, 3.05) is 37.7 Å². The highest BCUT2D eigenvalue weighted by molar-refractivity contribution is 5.79. The molecule has 35 heavy (non-hydrogen) atoms. The first-order valence-electron chi connectivity index (χ1n) is 12.9. The lowest BCUT2D eigenvalue weighted by Gasteiger charge is -2.31. The Morgan fingerprint density at radius 3 is 2.49 bits per heavy atom. The molecule has 3 heterocycles. The molecule has 0 radical (unpaired) electrons. The van der Waals surface area contributed by atoms with Crippen molar-refractivity contribution in [1.29, 1.82) is 0 Å². The van der Waals surface area contributed by atoms with Crippen LogP contribution in [0, 0.1) is 29.4 Å². The van der Waals surface area contributed by atoms with Gasteiger partial charge in [-0.3, -0.25) is 4.79 Å². The Labute approximate surface area is 204 Å². The number of piperidine rings is 1. The summed E-state index contributed by atoms with van der Waals surface area (Å²) in [4.78, 5) is 20.4. The lowest BCUT2D eigenvalue weighted by molar-refractivity contribution is -0.133. The third-order valence-electron chi connectivity index (χ3n) is 7.75. The van der Waals surface area contributed by atoms with Crippen LogP contribution in [0.25, 0.3) is 0 Å². The summed E-state index contributed by atoms with van der Waals surface area (Å²) in [5.74, 6) is 1.50. The van der Waals surface area contributed by atoms with Gasteiger partial charge in [0, 0.05) is 49.8 Å². The SMILES string of the molecule is CC(C)c1noc(N2CCC([C@H]3C[C@H]3CCOc3cc(F)c(CC(=O)N4CCC4)c(F)c3)CC2)n1. The van der Waals surface area contributed by atoms with Crippen molar-refractivity contribution >= 4 is 11.9 Å². The maximum atomic E-state index is 14.4. The van der Waals surface area contributed by atoms with Crippen molar-refractivity contribution in [1.82, 2.24) is 15.0 Å². The van der Waals surface area contributed by atoms with Gasteiger partial charge in [-0.05, 0) is 49.9 Å². The zero-order valence-corrected chi connectivity index (χ0v) is 20.5. The number of amides is 1. The summed E-state index contributed by atoms with van der Waals surface area (Å²) in [7, 11) is 0. The summed E-state index contributed by atoms with van der Waals surface area (Å²) in [5.41, 5.74) is -0.177. The van der Waals surface area contributed by atoms with Gasteiger partial charge in [-0.15, -0.1) is 0 Å². The topological polar surface area (TPSA) is 71.7 Å². The Bertz CT molecular complexity index is 1020. The molecule has 9 heteroatoms. The maximum absolute atomic E-state index is 14.4. The summed E-state index contributed by atoms with van der Waals surface area (Å²) in [6, 6.07) is 3.03. The van der Waals surface area contributed by atoms with Crippen molar-refractivity contribution in [2.45, 2.75) is 58.3 Å². The third kappa shape index (κ3) is 5.43.